The van der Waals surface area contributed by atoms with Crippen LogP contribution in [0.3, 0.4) is 0 Å². The van der Waals surface area contributed by atoms with Gasteiger partial charge in [0.25, 0.3) is 0 Å². The maximum atomic E-state index is 4.39. The van der Waals surface area contributed by atoms with Gasteiger partial charge in [-0.2, -0.15) is 0 Å². The number of rotatable bonds is 6. The molecule has 2 aliphatic rings. The summed E-state index contributed by atoms with van der Waals surface area (Å²) in [6.45, 7) is 2.09. The molecule has 0 unspecified atom stereocenters. The van der Waals surface area contributed by atoms with Crippen molar-refractivity contribution >= 4 is 15.9 Å². The lowest BCUT2D eigenvalue weighted by molar-refractivity contribution is 0.377. The third-order valence-electron chi connectivity index (χ3n) is 3.93. The van der Waals surface area contributed by atoms with Gasteiger partial charge in [0.05, 0.1) is 5.69 Å². The Morgan fingerprint density at radius 3 is 2.47 bits per heavy atom. The Bertz CT molecular complexity index is 356. The summed E-state index contributed by atoms with van der Waals surface area (Å²) in [6, 6.07) is 4.14. The summed E-state index contributed by atoms with van der Waals surface area (Å²) in [5, 5.41) is 3.59. The average molecular weight is 295 g/mol. The van der Waals surface area contributed by atoms with Crippen LogP contribution in [0.15, 0.2) is 22.8 Å². The molecule has 1 heterocycles. The van der Waals surface area contributed by atoms with Crippen LogP contribution in [0.5, 0.6) is 0 Å². The minimum atomic E-state index is 0.906. The van der Waals surface area contributed by atoms with Gasteiger partial charge in [-0.05, 0) is 78.0 Å². The van der Waals surface area contributed by atoms with E-state index in [9.17, 15) is 0 Å². The van der Waals surface area contributed by atoms with Crippen LogP contribution in [-0.2, 0) is 6.54 Å². The number of aromatic nitrogens is 1. The standard InChI is InChI=1S/C14H19BrN2/c15-12-5-6-13(17-7-12)8-16-9-14(10-1-2-10)11-3-4-11/h5-7,10-11,14,16H,1-4,8-9H2. The molecule has 0 aliphatic heterocycles. The van der Waals surface area contributed by atoms with Crippen molar-refractivity contribution in [3.63, 3.8) is 0 Å². The highest BCUT2D eigenvalue weighted by atomic mass is 79.9. The van der Waals surface area contributed by atoms with Crippen LogP contribution in [0.1, 0.15) is 31.4 Å². The molecule has 2 fully saturated rings. The van der Waals surface area contributed by atoms with Gasteiger partial charge in [0.1, 0.15) is 0 Å². The average Bonchev–Trinajstić information content (AvgIpc) is 3.19. The fraction of sp³-hybridized carbons (Fsp3) is 0.643. The fourth-order valence-corrected chi connectivity index (χ4v) is 2.88. The molecule has 0 radical (unpaired) electrons. The summed E-state index contributed by atoms with van der Waals surface area (Å²) >= 11 is 3.41. The number of pyridine rings is 1. The van der Waals surface area contributed by atoms with E-state index in [0.29, 0.717) is 0 Å². The van der Waals surface area contributed by atoms with Crippen molar-refractivity contribution in [2.24, 2.45) is 17.8 Å². The molecule has 1 aromatic rings. The predicted octanol–water partition coefficient (Wildman–Crippen LogP) is 3.37. The van der Waals surface area contributed by atoms with Crippen LogP contribution in [0.2, 0.25) is 0 Å². The van der Waals surface area contributed by atoms with Gasteiger partial charge in [-0.3, -0.25) is 4.98 Å². The van der Waals surface area contributed by atoms with Gasteiger partial charge in [0.15, 0.2) is 0 Å². The van der Waals surface area contributed by atoms with Crippen molar-refractivity contribution in [3.8, 4) is 0 Å². The van der Waals surface area contributed by atoms with E-state index in [1.54, 1.807) is 0 Å². The zero-order chi connectivity index (χ0) is 11.7. The van der Waals surface area contributed by atoms with Crippen molar-refractivity contribution in [1.82, 2.24) is 10.3 Å². The van der Waals surface area contributed by atoms with E-state index in [0.717, 1.165) is 34.5 Å². The van der Waals surface area contributed by atoms with Crippen molar-refractivity contribution in [2.75, 3.05) is 6.54 Å². The molecule has 3 heteroatoms. The van der Waals surface area contributed by atoms with E-state index >= 15 is 0 Å². The van der Waals surface area contributed by atoms with Gasteiger partial charge in [0.2, 0.25) is 0 Å². The lowest BCUT2D eigenvalue weighted by atomic mass is 9.98. The highest BCUT2D eigenvalue weighted by Crippen LogP contribution is 2.48. The Morgan fingerprint density at radius 2 is 1.94 bits per heavy atom. The van der Waals surface area contributed by atoms with Gasteiger partial charge in [-0.25, -0.2) is 0 Å². The molecule has 2 nitrogen and oxygen atoms in total. The molecule has 17 heavy (non-hydrogen) atoms. The van der Waals surface area contributed by atoms with Crippen LogP contribution < -0.4 is 5.32 Å². The van der Waals surface area contributed by atoms with E-state index in [4.69, 9.17) is 0 Å². The molecule has 1 N–H and O–H groups in total. The number of nitrogens with zero attached hydrogens (tertiary/aromatic N) is 1. The lowest BCUT2D eigenvalue weighted by Crippen LogP contribution is -2.25. The minimum Gasteiger partial charge on any atom is -0.311 e. The first-order chi connectivity index (χ1) is 8.33. The number of nitrogens with one attached hydrogen (secondary N) is 1. The maximum absolute atomic E-state index is 4.39. The minimum absolute atomic E-state index is 0.906. The first-order valence-corrected chi connectivity index (χ1v) is 7.43. The van der Waals surface area contributed by atoms with Crippen molar-refractivity contribution < 1.29 is 0 Å². The summed E-state index contributed by atoms with van der Waals surface area (Å²) in [6.07, 6.45) is 7.76. The highest BCUT2D eigenvalue weighted by molar-refractivity contribution is 9.10. The molecule has 0 aromatic carbocycles. The predicted molar refractivity (Wildman–Crippen MR) is 72.6 cm³/mol. The number of halogens is 1. The summed E-state index contributed by atoms with van der Waals surface area (Å²) in [4.78, 5) is 4.39. The van der Waals surface area contributed by atoms with Crippen molar-refractivity contribution in [2.45, 2.75) is 32.2 Å². The second-order valence-electron chi connectivity index (χ2n) is 5.44. The van der Waals surface area contributed by atoms with Crippen molar-refractivity contribution in [1.29, 1.82) is 0 Å². The van der Waals surface area contributed by atoms with Crippen molar-refractivity contribution in [3.05, 3.63) is 28.5 Å². The fourth-order valence-electron chi connectivity index (χ4n) is 2.64. The maximum Gasteiger partial charge on any atom is 0.0542 e. The van der Waals surface area contributed by atoms with E-state index in [1.165, 1.54) is 32.2 Å². The SMILES string of the molecule is Brc1ccc(CNCC(C2CC2)C2CC2)nc1. The molecular weight excluding hydrogens is 276 g/mol. The smallest absolute Gasteiger partial charge is 0.0542 e. The molecule has 0 spiro atoms. The van der Waals surface area contributed by atoms with Gasteiger partial charge in [0, 0.05) is 17.2 Å². The lowest BCUT2D eigenvalue weighted by Gasteiger charge is -2.15. The summed E-state index contributed by atoms with van der Waals surface area (Å²) in [5.74, 6) is 3.02. The molecule has 2 saturated carbocycles. The number of hydrogen-bond acceptors (Lipinski definition) is 2. The van der Waals surface area contributed by atoms with Gasteiger partial charge >= 0.3 is 0 Å². The zero-order valence-electron chi connectivity index (χ0n) is 10.0. The molecule has 0 atom stereocenters. The van der Waals surface area contributed by atoms with Gasteiger partial charge < -0.3 is 5.32 Å². The Labute approximate surface area is 111 Å². The highest BCUT2D eigenvalue weighted by Gasteiger charge is 2.40. The first kappa shape index (κ1) is 11.7. The Kier molecular flexibility index (Phi) is 3.48. The first-order valence-electron chi connectivity index (χ1n) is 6.64. The van der Waals surface area contributed by atoms with E-state index in [2.05, 4.69) is 38.4 Å². The largest absolute Gasteiger partial charge is 0.311 e. The van der Waals surface area contributed by atoms with Gasteiger partial charge in [-0.15, -0.1) is 0 Å². The molecule has 0 amide bonds. The second kappa shape index (κ2) is 5.07. The van der Waals surface area contributed by atoms with E-state index < -0.39 is 0 Å². The molecular formula is C14H19BrN2. The van der Waals surface area contributed by atoms with Crippen LogP contribution in [0.4, 0.5) is 0 Å². The summed E-state index contributed by atoms with van der Waals surface area (Å²) < 4.78 is 1.05. The Morgan fingerprint density at radius 1 is 1.24 bits per heavy atom. The zero-order valence-corrected chi connectivity index (χ0v) is 11.6. The molecule has 92 valence electrons. The molecule has 1 aromatic heterocycles. The molecule has 0 bridgehead atoms. The topological polar surface area (TPSA) is 24.9 Å². The Hall–Kier alpha value is -0.410. The van der Waals surface area contributed by atoms with Crippen LogP contribution >= 0.6 is 15.9 Å². The van der Waals surface area contributed by atoms with E-state index in [1.807, 2.05) is 6.20 Å². The normalized spacial score (nSPS) is 19.9. The third-order valence-corrected chi connectivity index (χ3v) is 4.40. The molecule has 3 rings (SSSR count). The summed E-state index contributed by atoms with van der Waals surface area (Å²) in [5.41, 5.74) is 1.14. The summed E-state index contributed by atoms with van der Waals surface area (Å²) in [7, 11) is 0. The van der Waals surface area contributed by atoms with Crippen LogP contribution in [0, 0.1) is 17.8 Å². The number of hydrogen-bond donors (Lipinski definition) is 1. The molecule has 2 aliphatic carbocycles. The van der Waals surface area contributed by atoms with Gasteiger partial charge in [-0.1, -0.05) is 0 Å². The Balaban J connectivity index is 1.45. The molecule has 0 saturated heterocycles. The van der Waals surface area contributed by atoms with Crippen LogP contribution in [-0.4, -0.2) is 11.5 Å². The third kappa shape index (κ3) is 3.29. The quantitative estimate of drug-likeness (QED) is 0.870. The second-order valence-corrected chi connectivity index (χ2v) is 6.35. The van der Waals surface area contributed by atoms with E-state index in [-0.39, 0.29) is 0 Å². The monoisotopic (exact) mass is 294 g/mol. The van der Waals surface area contributed by atoms with Crippen LogP contribution in [0.25, 0.3) is 0 Å².